The second-order valence-corrected chi connectivity index (χ2v) is 7.25. The van der Waals surface area contributed by atoms with E-state index < -0.39 is 22.0 Å². The zero-order valence-corrected chi connectivity index (χ0v) is 12.2. The molecule has 0 bridgehead atoms. The second-order valence-electron chi connectivity index (χ2n) is 4.31. The Bertz CT molecular complexity index is 583. The Balaban J connectivity index is 1.85. The van der Waals surface area contributed by atoms with Crippen molar-refractivity contribution in [3.63, 3.8) is 0 Å². The maximum Gasteiger partial charge on any atom is 0.250 e. The average molecular weight is 317 g/mol. The lowest BCUT2D eigenvalue weighted by Gasteiger charge is -2.22. The number of amides is 2. The van der Waals surface area contributed by atoms with Crippen LogP contribution in [0.3, 0.4) is 0 Å². The summed E-state index contributed by atoms with van der Waals surface area (Å²) in [6, 6.07) is 2.49. The molecule has 110 valence electrons. The van der Waals surface area contributed by atoms with Gasteiger partial charge in [-0.25, -0.2) is 13.1 Å². The predicted molar refractivity (Wildman–Crippen MR) is 73.7 cm³/mol. The van der Waals surface area contributed by atoms with E-state index in [0.29, 0.717) is 13.0 Å². The fourth-order valence-corrected chi connectivity index (χ4v) is 3.82. The van der Waals surface area contributed by atoms with Gasteiger partial charge in [0.15, 0.2) is 0 Å². The van der Waals surface area contributed by atoms with Crippen LogP contribution < -0.4 is 15.4 Å². The van der Waals surface area contributed by atoms with Gasteiger partial charge in [0.2, 0.25) is 11.8 Å². The Hall–Kier alpha value is -1.45. The third kappa shape index (κ3) is 3.78. The molecular weight excluding hydrogens is 302 g/mol. The summed E-state index contributed by atoms with van der Waals surface area (Å²) in [6.45, 7) is 0.222. The monoisotopic (exact) mass is 317 g/mol. The lowest BCUT2D eigenvalue weighted by Crippen LogP contribution is -2.52. The molecule has 1 fully saturated rings. The zero-order valence-electron chi connectivity index (χ0n) is 10.6. The molecule has 1 aromatic heterocycles. The van der Waals surface area contributed by atoms with Crippen LogP contribution in [-0.4, -0.2) is 39.4 Å². The number of rotatable bonds is 5. The van der Waals surface area contributed by atoms with E-state index in [2.05, 4.69) is 15.4 Å². The molecule has 2 amide bonds. The van der Waals surface area contributed by atoms with Gasteiger partial charge in [0, 0.05) is 6.54 Å². The topological polar surface area (TPSA) is 104 Å². The largest absolute Gasteiger partial charge is 0.354 e. The highest BCUT2D eigenvalue weighted by molar-refractivity contribution is 7.91. The number of thiophene rings is 1. The standard InChI is InChI=1S/C11H15N3O4S2/c15-9(14-8-3-1-5-12-11(8)16)7-13-20(17,18)10-4-2-6-19-10/h2,4,6,8,13H,1,3,5,7H2,(H,12,16)(H,14,15)/t8-/m0/s1. The summed E-state index contributed by atoms with van der Waals surface area (Å²) in [7, 11) is -3.66. The van der Waals surface area contributed by atoms with Crippen LogP contribution >= 0.6 is 11.3 Å². The SMILES string of the molecule is O=C(CNS(=O)(=O)c1cccs1)N[C@H]1CCCNC1=O. The summed E-state index contributed by atoms with van der Waals surface area (Å²) in [5.41, 5.74) is 0. The highest BCUT2D eigenvalue weighted by atomic mass is 32.2. The van der Waals surface area contributed by atoms with Gasteiger partial charge in [-0.05, 0) is 24.3 Å². The number of piperidine rings is 1. The van der Waals surface area contributed by atoms with Crippen molar-refractivity contribution < 1.29 is 18.0 Å². The van der Waals surface area contributed by atoms with E-state index in [-0.39, 0.29) is 16.7 Å². The molecule has 0 spiro atoms. The molecule has 0 unspecified atom stereocenters. The van der Waals surface area contributed by atoms with Gasteiger partial charge in [-0.3, -0.25) is 9.59 Å². The lowest BCUT2D eigenvalue weighted by molar-refractivity contribution is -0.129. The minimum atomic E-state index is -3.66. The fraction of sp³-hybridized carbons (Fsp3) is 0.455. The molecule has 1 atom stereocenters. The van der Waals surface area contributed by atoms with E-state index in [1.54, 1.807) is 11.4 Å². The highest BCUT2D eigenvalue weighted by Gasteiger charge is 2.24. The molecular formula is C11H15N3O4S2. The number of nitrogens with one attached hydrogen (secondary N) is 3. The molecule has 3 N–H and O–H groups in total. The maximum atomic E-state index is 11.8. The Morgan fingerprint density at radius 1 is 1.50 bits per heavy atom. The van der Waals surface area contributed by atoms with Crippen LogP contribution in [0.1, 0.15) is 12.8 Å². The number of carbonyl (C=O) groups is 2. The minimum absolute atomic E-state index is 0.153. The van der Waals surface area contributed by atoms with Crippen molar-refractivity contribution in [2.75, 3.05) is 13.1 Å². The number of hydrogen-bond donors (Lipinski definition) is 3. The van der Waals surface area contributed by atoms with Gasteiger partial charge in [-0.15, -0.1) is 11.3 Å². The molecule has 7 nitrogen and oxygen atoms in total. The van der Waals surface area contributed by atoms with Gasteiger partial charge in [-0.1, -0.05) is 6.07 Å². The molecule has 1 saturated heterocycles. The average Bonchev–Trinajstić information content (AvgIpc) is 2.94. The van der Waals surface area contributed by atoms with Crippen LogP contribution in [0.2, 0.25) is 0 Å². The van der Waals surface area contributed by atoms with E-state index in [1.807, 2.05) is 0 Å². The van der Waals surface area contributed by atoms with Crippen molar-refractivity contribution in [2.45, 2.75) is 23.1 Å². The Kier molecular flexibility index (Phi) is 4.73. The van der Waals surface area contributed by atoms with Crippen molar-refractivity contribution in [3.05, 3.63) is 17.5 Å². The first kappa shape index (κ1) is 14.9. The normalized spacial score (nSPS) is 19.4. The quantitative estimate of drug-likeness (QED) is 0.676. The Morgan fingerprint density at radius 2 is 2.30 bits per heavy atom. The van der Waals surface area contributed by atoms with Crippen LogP contribution in [0.5, 0.6) is 0 Å². The van der Waals surface area contributed by atoms with Crippen LogP contribution in [0.25, 0.3) is 0 Å². The molecule has 0 aliphatic carbocycles. The van der Waals surface area contributed by atoms with Crippen LogP contribution in [-0.2, 0) is 19.6 Å². The summed E-state index contributed by atoms with van der Waals surface area (Å²) < 4.78 is 25.9. The summed E-state index contributed by atoms with van der Waals surface area (Å²) in [5, 5.41) is 6.79. The van der Waals surface area contributed by atoms with Crippen LogP contribution in [0, 0.1) is 0 Å². The third-order valence-electron chi connectivity index (χ3n) is 2.80. The zero-order chi connectivity index (χ0) is 14.6. The molecule has 20 heavy (non-hydrogen) atoms. The summed E-state index contributed by atoms with van der Waals surface area (Å²) in [4.78, 5) is 23.1. The maximum absolute atomic E-state index is 11.8. The van der Waals surface area contributed by atoms with E-state index in [0.717, 1.165) is 17.8 Å². The van der Waals surface area contributed by atoms with E-state index >= 15 is 0 Å². The fourth-order valence-electron chi connectivity index (χ4n) is 1.80. The highest BCUT2D eigenvalue weighted by Crippen LogP contribution is 2.14. The molecule has 0 aromatic carbocycles. The molecule has 2 rings (SSSR count). The number of carbonyl (C=O) groups excluding carboxylic acids is 2. The molecule has 2 heterocycles. The molecule has 1 aromatic rings. The molecule has 9 heteroatoms. The number of hydrogen-bond acceptors (Lipinski definition) is 5. The predicted octanol–water partition coefficient (Wildman–Crippen LogP) is -0.579. The van der Waals surface area contributed by atoms with Gasteiger partial charge >= 0.3 is 0 Å². The van der Waals surface area contributed by atoms with Crippen LogP contribution in [0.4, 0.5) is 0 Å². The summed E-state index contributed by atoms with van der Waals surface area (Å²) >= 11 is 1.07. The first-order chi connectivity index (χ1) is 9.49. The van der Waals surface area contributed by atoms with Crippen molar-refractivity contribution in [2.24, 2.45) is 0 Å². The van der Waals surface area contributed by atoms with Gasteiger partial charge in [0.25, 0.3) is 10.0 Å². The third-order valence-corrected chi connectivity index (χ3v) is 5.60. The summed E-state index contributed by atoms with van der Waals surface area (Å²) in [6.07, 6.45) is 1.35. The Morgan fingerprint density at radius 3 is 2.95 bits per heavy atom. The molecule has 0 saturated carbocycles. The van der Waals surface area contributed by atoms with Gasteiger partial charge in [0.05, 0.1) is 6.54 Å². The van der Waals surface area contributed by atoms with Gasteiger partial charge in [-0.2, -0.15) is 0 Å². The van der Waals surface area contributed by atoms with Crippen molar-refractivity contribution >= 4 is 33.2 Å². The van der Waals surface area contributed by atoms with E-state index in [9.17, 15) is 18.0 Å². The first-order valence-corrected chi connectivity index (χ1v) is 8.45. The van der Waals surface area contributed by atoms with Crippen molar-refractivity contribution in [1.82, 2.24) is 15.4 Å². The van der Waals surface area contributed by atoms with Crippen LogP contribution in [0.15, 0.2) is 21.7 Å². The first-order valence-electron chi connectivity index (χ1n) is 6.09. The van der Waals surface area contributed by atoms with Gasteiger partial charge < -0.3 is 10.6 Å². The van der Waals surface area contributed by atoms with E-state index in [1.165, 1.54) is 6.07 Å². The molecule has 1 aliphatic heterocycles. The van der Waals surface area contributed by atoms with Crippen molar-refractivity contribution in [1.29, 1.82) is 0 Å². The molecule has 1 aliphatic rings. The van der Waals surface area contributed by atoms with E-state index in [4.69, 9.17) is 0 Å². The smallest absolute Gasteiger partial charge is 0.250 e. The minimum Gasteiger partial charge on any atom is -0.354 e. The number of sulfonamides is 1. The second kappa shape index (κ2) is 6.33. The Labute approximate surface area is 120 Å². The lowest BCUT2D eigenvalue weighted by atomic mass is 10.1. The summed E-state index contributed by atoms with van der Waals surface area (Å²) in [5.74, 6) is -0.752. The van der Waals surface area contributed by atoms with Crippen molar-refractivity contribution in [3.8, 4) is 0 Å². The van der Waals surface area contributed by atoms with Gasteiger partial charge in [0.1, 0.15) is 10.3 Å². The molecule has 0 radical (unpaired) electrons.